The van der Waals surface area contributed by atoms with Crippen molar-refractivity contribution < 1.29 is 9.53 Å². The van der Waals surface area contributed by atoms with E-state index in [9.17, 15) is 4.79 Å². The number of amides is 1. The van der Waals surface area contributed by atoms with Crippen molar-refractivity contribution in [1.29, 1.82) is 0 Å². The smallest absolute Gasteiger partial charge is 0.252 e. The van der Waals surface area contributed by atoms with Crippen LogP contribution in [-0.2, 0) is 6.42 Å². The fraction of sp³-hybridized carbons (Fsp3) is 0.150. The molecule has 0 saturated heterocycles. The van der Waals surface area contributed by atoms with Crippen molar-refractivity contribution >= 4 is 29.1 Å². The Hall–Kier alpha value is -2.63. The van der Waals surface area contributed by atoms with Gasteiger partial charge in [0.1, 0.15) is 0 Å². The molecule has 0 aliphatic rings. The molecule has 0 saturated carbocycles. The molecule has 0 bridgehead atoms. The summed E-state index contributed by atoms with van der Waals surface area (Å²) in [6, 6.07) is 16.2. The van der Waals surface area contributed by atoms with Crippen molar-refractivity contribution in [2.75, 3.05) is 13.7 Å². The zero-order chi connectivity index (χ0) is 19.2. The van der Waals surface area contributed by atoms with E-state index in [1.807, 2.05) is 24.3 Å². The summed E-state index contributed by atoms with van der Waals surface area (Å²) < 4.78 is 5.01. The van der Waals surface area contributed by atoms with E-state index in [-0.39, 0.29) is 5.91 Å². The highest BCUT2D eigenvalue weighted by Gasteiger charge is 2.13. The van der Waals surface area contributed by atoms with Gasteiger partial charge in [0.2, 0.25) is 5.88 Å². The molecule has 0 atom stereocenters. The van der Waals surface area contributed by atoms with Crippen LogP contribution in [0, 0.1) is 0 Å². The van der Waals surface area contributed by atoms with E-state index in [1.165, 1.54) is 7.11 Å². The van der Waals surface area contributed by atoms with E-state index >= 15 is 0 Å². The Morgan fingerprint density at radius 1 is 1.04 bits per heavy atom. The molecule has 0 spiro atoms. The van der Waals surface area contributed by atoms with Crippen LogP contribution < -0.4 is 10.1 Å². The van der Waals surface area contributed by atoms with Crippen molar-refractivity contribution in [2.24, 2.45) is 0 Å². The Morgan fingerprint density at radius 2 is 1.85 bits per heavy atom. The summed E-state index contributed by atoms with van der Waals surface area (Å²) in [5.74, 6) is 0.167. The van der Waals surface area contributed by atoms with Crippen molar-refractivity contribution in [3.8, 4) is 17.1 Å². The lowest BCUT2D eigenvalue weighted by atomic mass is 10.1. The number of carbonyl (C=O) groups excluding carboxylic acids is 1. The molecule has 1 N–H and O–H groups in total. The zero-order valence-electron chi connectivity index (χ0n) is 14.6. The van der Waals surface area contributed by atoms with Gasteiger partial charge in [-0.25, -0.2) is 0 Å². The number of hydrogen-bond acceptors (Lipinski definition) is 4. The predicted octanol–water partition coefficient (Wildman–Crippen LogP) is 4.43. The number of hydrogen-bond donors (Lipinski definition) is 1. The van der Waals surface area contributed by atoms with Crippen LogP contribution in [0.4, 0.5) is 0 Å². The van der Waals surface area contributed by atoms with Gasteiger partial charge in [-0.15, -0.1) is 10.2 Å². The van der Waals surface area contributed by atoms with E-state index in [2.05, 4.69) is 15.5 Å². The van der Waals surface area contributed by atoms with Crippen molar-refractivity contribution in [2.45, 2.75) is 6.42 Å². The summed E-state index contributed by atoms with van der Waals surface area (Å²) in [6.07, 6.45) is 0.632. The third kappa shape index (κ3) is 4.76. The van der Waals surface area contributed by atoms with Gasteiger partial charge in [0.15, 0.2) is 0 Å². The van der Waals surface area contributed by atoms with Crippen molar-refractivity contribution in [1.82, 2.24) is 15.5 Å². The highest BCUT2D eigenvalue weighted by atomic mass is 35.5. The first-order valence-electron chi connectivity index (χ1n) is 8.27. The van der Waals surface area contributed by atoms with Crippen molar-refractivity contribution in [3.63, 3.8) is 0 Å². The van der Waals surface area contributed by atoms with Crippen LogP contribution in [0.15, 0.2) is 54.6 Å². The molecule has 0 fully saturated rings. The van der Waals surface area contributed by atoms with Gasteiger partial charge in [0, 0.05) is 23.2 Å². The largest absolute Gasteiger partial charge is 0.480 e. The maximum Gasteiger partial charge on any atom is 0.252 e. The lowest BCUT2D eigenvalue weighted by Gasteiger charge is -2.09. The molecule has 0 unspecified atom stereocenters. The maximum atomic E-state index is 12.5. The monoisotopic (exact) mass is 401 g/mol. The lowest BCUT2D eigenvalue weighted by Crippen LogP contribution is -2.26. The minimum Gasteiger partial charge on any atom is -0.480 e. The predicted molar refractivity (Wildman–Crippen MR) is 107 cm³/mol. The SMILES string of the molecule is COc1ccc(-c2ccc(Cl)c(C(=O)NCCc3ccccc3Cl)c2)nn1. The maximum absolute atomic E-state index is 12.5. The molecule has 1 amide bonds. The van der Waals surface area contributed by atoms with Crippen LogP contribution in [0.3, 0.4) is 0 Å². The molecule has 3 aromatic rings. The zero-order valence-corrected chi connectivity index (χ0v) is 16.1. The average Bonchev–Trinajstić information content (AvgIpc) is 2.70. The highest BCUT2D eigenvalue weighted by molar-refractivity contribution is 6.34. The Balaban J connectivity index is 1.71. The van der Waals surface area contributed by atoms with Gasteiger partial charge >= 0.3 is 0 Å². The molecular formula is C20H17Cl2N3O2. The van der Waals surface area contributed by atoms with Crippen LogP contribution in [-0.4, -0.2) is 29.8 Å². The van der Waals surface area contributed by atoms with Gasteiger partial charge in [-0.1, -0.05) is 47.5 Å². The molecule has 27 heavy (non-hydrogen) atoms. The number of methoxy groups -OCH3 is 1. The lowest BCUT2D eigenvalue weighted by molar-refractivity contribution is 0.0954. The number of carbonyl (C=O) groups is 1. The van der Waals surface area contributed by atoms with Gasteiger partial charge < -0.3 is 10.1 Å². The summed E-state index contributed by atoms with van der Waals surface area (Å²) in [6.45, 7) is 0.450. The van der Waals surface area contributed by atoms with Crippen LogP contribution in [0.25, 0.3) is 11.3 Å². The first-order chi connectivity index (χ1) is 13.1. The van der Waals surface area contributed by atoms with Gasteiger partial charge in [0.05, 0.1) is 23.4 Å². The standard InChI is InChI=1S/C20H17Cl2N3O2/c1-27-19-9-8-18(24-25-19)14-6-7-17(22)15(12-14)20(26)23-11-10-13-4-2-3-5-16(13)21/h2-9,12H,10-11H2,1H3,(H,23,26). The van der Waals surface area contributed by atoms with Gasteiger partial charge in [-0.05, 0) is 36.2 Å². The second-order valence-electron chi connectivity index (χ2n) is 5.75. The minimum absolute atomic E-state index is 0.254. The number of nitrogens with one attached hydrogen (secondary N) is 1. The first-order valence-corrected chi connectivity index (χ1v) is 9.03. The first kappa shape index (κ1) is 19.1. The molecule has 0 aliphatic carbocycles. The normalized spacial score (nSPS) is 10.5. The van der Waals surface area contributed by atoms with Crippen LogP contribution >= 0.6 is 23.2 Å². The molecule has 0 aliphatic heterocycles. The fourth-order valence-corrected chi connectivity index (χ4v) is 2.98. The van der Waals surface area contributed by atoms with E-state index in [0.29, 0.717) is 40.1 Å². The Morgan fingerprint density at radius 3 is 2.56 bits per heavy atom. The van der Waals surface area contributed by atoms with E-state index < -0.39 is 0 Å². The van der Waals surface area contributed by atoms with Crippen LogP contribution in [0.2, 0.25) is 10.0 Å². The average molecular weight is 402 g/mol. The number of ether oxygens (including phenoxy) is 1. The minimum atomic E-state index is -0.254. The molecule has 138 valence electrons. The van der Waals surface area contributed by atoms with Gasteiger partial charge in [-0.3, -0.25) is 4.79 Å². The van der Waals surface area contributed by atoms with Crippen molar-refractivity contribution in [3.05, 3.63) is 75.8 Å². The Bertz CT molecular complexity index is 946. The highest BCUT2D eigenvalue weighted by Crippen LogP contribution is 2.24. The molecule has 5 nitrogen and oxygen atoms in total. The molecule has 1 aromatic heterocycles. The van der Waals surface area contributed by atoms with Crippen LogP contribution in [0.1, 0.15) is 15.9 Å². The quantitative estimate of drug-likeness (QED) is 0.663. The number of aromatic nitrogens is 2. The third-order valence-electron chi connectivity index (χ3n) is 3.99. The molecule has 7 heteroatoms. The molecule has 2 aromatic carbocycles. The summed E-state index contributed by atoms with van der Waals surface area (Å²) >= 11 is 12.3. The molecular weight excluding hydrogens is 385 g/mol. The number of benzene rings is 2. The van der Waals surface area contributed by atoms with Crippen LogP contribution in [0.5, 0.6) is 5.88 Å². The summed E-state index contributed by atoms with van der Waals surface area (Å²) in [7, 11) is 1.52. The number of rotatable bonds is 6. The van der Waals surface area contributed by atoms with E-state index in [4.69, 9.17) is 27.9 Å². The topological polar surface area (TPSA) is 64.1 Å². The number of halogens is 2. The summed E-state index contributed by atoms with van der Waals surface area (Å²) in [5.41, 5.74) is 2.72. The Labute approximate surface area is 167 Å². The third-order valence-corrected chi connectivity index (χ3v) is 4.69. The van der Waals surface area contributed by atoms with Gasteiger partial charge in [-0.2, -0.15) is 0 Å². The Kier molecular flexibility index (Phi) is 6.27. The molecule has 0 radical (unpaired) electrons. The van der Waals surface area contributed by atoms with Gasteiger partial charge in [0.25, 0.3) is 5.91 Å². The van der Waals surface area contributed by atoms with E-state index in [0.717, 1.165) is 11.1 Å². The number of nitrogens with zero attached hydrogens (tertiary/aromatic N) is 2. The fourth-order valence-electron chi connectivity index (χ4n) is 2.55. The van der Waals surface area contributed by atoms with E-state index in [1.54, 1.807) is 30.3 Å². The summed E-state index contributed by atoms with van der Waals surface area (Å²) in [4.78, 5) is 12.5. The molecule has 1 heterocycles. The second kappa shape index (κ2) is 8.84. The molecule has 3 rings (SSSR count). The summed E-state index contributed by atoms with van der Waals surface area (Å²) in [5, 5.41) is 12.0. The second-order valence-corrected chi connectivity index (χ2v) is 6.57.